The minimum Gasteiger partial charge on any atom is -0.494 e. The fourth-order valence-corrected chi connectivity index (χ4v) is 1.57. The molecule has 1 heterocycles. The van der Waals surface area contributed by atoms with E-state index in [2.05, 4.69) is 15.3 Å². The Morgan fingerprint density at radius 2 is 2.05 bits per heavy atom. The van der Waals surface area contributed by atoms with Crippen molar-refractivity contribution < 1.29 is 13.9 Å². The number of rotatable bonds is 6. The molecule has 0 unspecified atom stereocenters. The lowest BCUT2D eigenvalue weighted by atomic mass is 10.3. The molecule has 6 heteroatoms. The third kappa shape index (κ3) is 3.57. The molecule has 2 rings (SSSR count). The Morgan fingerprint density at radius 3 is 2.80 bits per heavy atom. The lowest BCUT2D eigenvalue weighted by Crippen LogP contribution is -2.04. The number of halogens is 1. The summed E-state index contributed by atoms with van der Waals surface area (Å²) >= 11 is 0. The van der Waals surface area contributed by atoms with Gasteiger partial charge in [0.15, 0.2) is 0 Å². The first kappa shape index (κ1) is 14.0. The molecule has 0 aliphatic rings. The maximum absolute atomic E-state index is 13.6. The highest BCUT2D eigenvalue weighted by Gasteiger charge is 2.09. The fourth-order valence-electron chi connectivity index (χ4n) is 1.57. The number of nitrogens with zero attached hydrogens (tertiary/aromatic N) is 2. The summed E-state index contributed by atoms with van der Waals surface area (Å²) in [6.45, 7) is 4.99. The molecule has 5 nitrogen and oxygen atoms in total. The second-order valence-electron chi connectivity index (χ2n) is 3.89. The highest BCUT2D eigenvalue weighted by atomic mass is 19.1. The van der Waals surface area contributed by atoms with Crippen LogP contribution in [0.5, 0.6) is 17.4 Å². The van der Waals surface area contributed by atoms with Crippen LogP contribution in [-0.2, 0) is 0 Å². The predicted octanol–water partition coefficient (Wildman–Crippen LogP) is 3.24. The number of hydrogen-bond donors (Lipinski definition) is 1. The lowest BCUT2D eigenvalue weighted by Gasteiger charge is -2.09. The summed E-state index contributed by atoms with van der Waals surface area (Å²) in [6, 6.07) is 6.95. The molecule has 106 valence electrons. The second kappa shape index (κ2) is 6.70. The molecule has 0 aliphatic heterocycles. The van der Waals surface area contributed by atoms with E-state index in [1.165, 1.54) is 0 Å². The summed E-state index contributed by atoms with van der Waals surface area (Å²) in [4.78, 5) is 7.79. The molecule has 1 aromatic heterocycles. The number of benzene rings is 1. The van der Waals surface area contributed by atoms with Gasteiger partial charge in [-0.15, -0.1) is 0 Å². The van der Waals surface area contributed by atoms with E-state index in [9.17, 15) is 4.39 Å². The average Bonchev–Trinajstić information content (AvgIpc) is 2.44. The Labute approximate surface area is 116 Å². The molecule has 1 N–H and O–H groups in total. The second-order valence-corrected chi connectivity index (χ2v) is 3.89. The number of ether oxygens (including phenoxy) is 2. The summed E-state index contributed by atoms with van der Waals surface area (Å²) in [5.41, 5.74) is 0. The molecule has 0 fully saturated rings. The minimum absolute atomic E-state index is 0.121. The molecule has 1 aromatic carbocycles. The topological polar surface area (TPSA) is 56.3 Å². The van der Waals surface area contributed by atoms with Crippen molar-refractivity contribution in [2.24, 2.45) is 0 Å². The molecular weight excluding hydrogens is 261 g/mol. The van der Waals surface area contributed by atoms with Crippen molar-refractivity contribution >= 4 is 5.95 Å². The summed E-state index contributed by atoms with van der Waals surface area (Å²) in [7, 11) is 0. The number of aromatic nitrogens is 2. The lowest BCUT2D eigenvalue weighted by molar-refractivity contribution is 0.337. The van der Waals surface area contributed by atoms with Crippen LogP contribution in [0.3, 0.4) is 0 Å². The third-order valence-electron chi connectivity index (χ3n) is 2.38. The van der Waals surface area contributed by atoms with Crippen LogP contribution in [0, 0.1) is 5.82 Å². The molecule has 0 saturated heterocycles. The quantitative estimate of drug-likeness (QED) is 0.878. The van der Waals surface area contributed by atoms with Gasteiger partial charge in [0.1, 0.15) is 11.5 Å². The molecule has 0 bridgehead atoms. The van der Waals surface area contributed by atoms with Crippen LogP contribution in [0.25, 0.3) is 0 Å². The maximum atomic E-state index is 13.6. The zero-order valence-electron chi connectivity index (χ0n) is 11.4. The zero-order valence-corrected chi connectivity index (χ0v) is 11.4. The average molecular weight is 277 g/mol. The van der Waals surface area contributed by atoms with Crippen LogP contribution in [0.2, 0.25) is 0 Å². The van der Waals surface area contributed by atoms with Crippen molar-refractivity contribution in [3.05, 3.63) is 36.3 Å². The Balaban J connectivity index is 2.20. The van der Waals surface area contributed by atoms with E-state index in [0.29, 0.717) is 30.6 Å². The molecule has 0 spiro atoms. The smallest absolute Gasteiger partial charge is 0.260 e. The zero-order chi connectivity index (χ0) is 14.4. The standard InChI is InChI=1S/C14H16FN3O2/c1-3-16-14-17-9-12(15)13(18-14)20-11-7-5-6-10(8-11)19-4-2/h5-9H,3-4H2,1-2H3,(H,16,17,18). The van der Waals surface area contributed by atoms with Gasteiger partial charge >= 0.3 is 0 Å². The number of anilines is 1. The molecule has 2 aromatic rings. The van der Waals surface area contributed by atoms with Crippen molar-refractivity contribution in [2.75, 3.05) is 18.5 Å². The van der Waals surface area contributed by atoms with Gasteiger partial charge < -0.3 is 14.8 Å². The Morgan fingerprint density at radius 1 is 1.25 bits per heavy atom. The first-order valence-electron chi connectivity index (χ1n) is 6.40. The summed E-state index contributed by atoms with van der Waals surface area (Å²) < 4.78 is 24.4. The highest BCUT2D eigenvalue weighted by molar-refractivity contribution is 5.36. The Hall–Kier alpha value is -2.37. The van der Waals surface area contributed by atoms with E-state index in [0.717, 1.165) is 6.20 Å². The van der Waals surface area contributed by atoms with Gasteiger partial charge in [0, 0.05) is 12.6 Å². The van der Waals surface area contributed by atoms with E-state index in [4.69, 9.17) is 9.47 Å². The fraction of sp³-hybridized carbons (Fsp3) is 0.286. The number of hydrogen-bond acceptors (Lipinski definition) is 5. The van der Waals surface area contributed by atoms with E-state index in [1.54, 1.807) is 24.3 Å². The van der Waals surface area contributed by atoms with Gasteiger partial charge in [0.2, 0.25) is 11.8 Å². The third-order valence-corrected chi connectivity index (χ3v) is 2.38. The van der Waals surface area contributed by atoms with E-state index < -0.39 is 5.82 Å². The van der Waals surface area contributed by atoms with Gasteiger partial charge in [0.25, 0.3) is 5.88 Å². The molecule has 0 amide bonds. The van der Waals surface area contributed by atoms with E-state index in [-0.39, 0.29) is 5.88 Å². The minimum atomic E-state index is -0.617. The van der Waals surface area contributed by atoms with Crippen molar-refractivity contribution in [3.63, 3.8) is 0 Å². The van der Waals surface area contributed by atoms with Crippen LogP contribution in [0.4, 0.5) is 10.3 Å². The first-order chi connectivity index (χ1) is 9.72. The first-order valence-corrected chi connectivity index (χ1v) is 6.40. The van der Waals surface area contributed by atoms with Gasteiger partial charge in [0.05, 0.1) is 12.8 Å². The molecule has 0 atom stereocenters. The normalized spacial score (nSPS) is 10.2. The maximum Gasteiger partial charge on any atom is 0.260 e. The van der Waals surface area contributed by atoms with Gasteiger partial charge in [-0.1, -0.05) is 6.07 Å². The van der Waals surface area contributed by atoms with Crippen LogP contribution >= 0.6 is 0 Å². The van der Waals surface area contributed by atoms with Crippen molar-refractivity contribution in [1.29, 1.82) is 0 Å². The summed E-state index contributed by atoms with van der Waals surface area (Å²) in [5, 5.41) is 2.90. The van der Waals surface area contributed by atoms with Crippen LogP contribution in [-0.4, -0.2) is 23.1 Å². The Bertz CT molecular complexity index is 578. The predicted molar refractivity (Wildman–Crippen MR) is 73.8 cm³/mol. The molecule has 0 aliphatic carbocycles. The van der Waals surface area contributed by atoms with Gasteiger partial charge in [-0.05, 0) is 26.0 Å². The van der Waals surface area contributed by atoms with Crippen LogP contribution in [0.1, 0.15) is 13.8 Å². The van der Waals surface area contributed by atoms with Gasteiger partial charge in [-0.3, -0.25) is 0 Å². The molecule has 20 heavy (non-hydrogen) atoms. The van der Waals surface area contributed by atoms with Gasteiger partial charge in [-0.25, -0.2) is 4.98 Å². The number of nitrogens with one attached hydrogen (secondary N) is 1. The monoisotopic (exact) mass is 277 g/mol. The largest absolute Gasteiger partial charge is 0.494 e. The molecule has 0 radical (unpaired) electrons. The summed E-state index contributed by atoms with van der Waals surface area (Å²) in [5.74, 6) is 0.699. The highest BCUT2D eigenvalue weighted by Crippen LogP contribution is 2.26. The van der Waals surface area contributed by atoms with Gasteiger partial charge in [-0.2, -0.15) is 9.37 Å². The molecule has 0 saturated carbocycles. The van der Waals surface area contributed by atoms with E-state index in [1.807, 2.05) is 13.8 Å². The SMILES string of the molecule is CCNc1ncc(F)c(Oc2cccc(OCC)c2)n1. The van der Waals surface area contributed by atoms with Crippen molar-refractivity contribution in [1.82, 2.24) is 9.97 Å². The summed E-state index contributed by atoms with van der Waals surface area (Å²) in [6.07, 6.45) is 1.08. The van der Waals surface area contributed by atoms with Crippen LogP contribution in [0.15, 0.2) is 30.5 Å². The molecular formula is C14H16FN3O2. The Kier molecular flexibility index (Phi) is 4.70. The van der Waals surface area contributed by atoms with Crippen molar-refractivity contribution in [2.45, 2.75) is 13.8 Å². The van der Waals surface area contributed by atoms with Crippen molar-refractivity contribution in [3.8, 4) is 17.4 Å². The van der Waals surface area contributed by atoms with E-state index >= 15 is 0 Å². The van der Waals surface area contributed by atoms with Crippen LogP contribution < -0.4 is 14.8 Å².